The minimum absolute atomic E-state index is 0.117. The quantitative estimate of drug-likeness (QED) is 0.729. The van der Waals surface area contributed by atoms with E-state index in [-0.39, 0.29) is 5.91 Å². The highest BCUT2D eigenvalue weighted by atomic mass is 19.4. The molecule has 0 spiro atoms. The van der Waals surface area contributed by atoms with Crippen LogP contribution in [0.2, 0.25) is 0 Å². The van der Waals surface area contributed by atoms with Gasteiger partial charge in [-0.05, 0) is 61.5 Å². The van der Waals surface area contributed by atoms with Crippen LogP contribution in [0.25, 0.3) is 0 Å². The summed E-state index contributed by atoms with van der Waals surface area (Å²) in [4.78, 5) is 16.7. The van der Waals surface area contributed by atoms with Gasteiger partial charge in [0.15, 0.2) is 0 Å². The molecule has 2 aliphatic rings. The monoisotopic (exact) mass is 402 g/mol. The molecule has 29 heavy (non-hydrogen) atoms. The van der Waals surface area contributed by atoms with E-state index in [1.807, 2.05) is 29.2 Å². The summed E-state index contributed by atoms with van der Waals surface area (Å²) in [6.45, 7) is 3.82. The Morgan fingerprint density at radius 2 is 1.66 bits per heavy atom. The van der Waals surface area contributed by atoms with Gasteiger partial charge in [-0.3, -0.25) is 4.79 Å². The van der Waals surface area contributed by atoms with Gasteiger partial charge in [-0.2, -0.15) is 13.2 Å². The van der Waals surface area contributed by atoms with E-state index in [0.29, 0.717) is 31.0 Å². The maximum Gasteiger partial charge on any atom is 0.416 e. The van der Waals surface area contributed by atoms with Crippen molar-refractivity contribution in [2.75, 3.05) is 26.2 Å². The van der Waals surface area contributed by atoms with E-state index in [1.54, 1.807) is 12.1 Å². The molecule has 0 radical (unpaired) electrons. The zero-order valence-corrected chi connectivity index (χ0v) is 16.3. The lowest BCUT2D eigenvalue weighted by Crippen LogP contribution is -2.39. The van der Waals surface area contributed by atoms with Gasteiger partial charge in [0.25, 0.3) is 5.91 Å². The lowest BCUT2D eigenvalue weighted by atomic mass is 9.95. The number of alkyl halides is 3. The minimum atomic E-state index is -4.30. The molecule has 0 unspecified atom stereocenters. The molecule has 6 heteroatoms. The fourth-order valence-electron chi connectivity index (χ4n) is 4.46. The molecule has 2 aromatic carbocycles. The molecule has 1 fully saturated rings. The molecule has 2 heterocycles. The topological polar surface area (TPSA) is 23.6 Å². The zero-order chi connectivity index (χ0) is 20.4. The van der Waals surface area contributed by atoms with E-state index >= 15 is 0 Å². The van der Waals surface area contributed by atoms with Crippen LogP contribution in [0.15, 0.2) is 48.5 Å². The Morgan fingerprint density at radius 1 is 0.966 bits per heavy atom. The van der Waals surface area contributed by atoms with Crippen LogP contribution in [0.3, 0.4) is 0 Å². The number of benzene rings is 2. The molecule has 0 N–H and O–H groups in total. The van der Waals surface area contributed by atoms with Crippen molar-refractivity contribution >= 4 is 5.91 Å². The summed E-state index contributed by atoms with van der Waals surface area (Å²) in [5.74, 6) is 0.568. The van der Waals surface area contributed by atoms with Crippen molar-refractivity contribution in [3.8, 4) is 0 Å². The number of carbonyl (C=O) groups excluding carboxylic acids is 1. The molecule has 1 amide bonds. The number of piperidine rings is 1. The molecule has 2 aromatic rings. The lowest BCUT2D eigenvalue weighted by Gasteiger charge is -2.34. The van der Waals surface area contributed by atoms with Gasteiger partial charge >= 0.3 is 6.18 Å². The molecule has 0 aliphatic carbocycles. The van der Waals surface area contributed by atoms with Gasteiger partial charge in [0.1, 0.15) is 0 Å². The van der Waals surface area contributed by atoms with Crippen LogP contribution in [-0.4, -0.2) is 41.9 Å². The average molecular weight is 402 g/mol. The Hall–Kier alpha value is -2.34. The third-order valence-electron chi connectivity index (χ3n) is 6.10. The van der Waals surface area contributed by atoms with Gasteiger partial charge in [-0.15, -0.1) is 0 Å². The summed E-state index contributed by atoms with van der Waals surface area (Å²) < 4.78 is 39.4. The van der Waals surface area contributed by atoms with Gasteiger partial charge in [0, 0.05) is 25.2 Å². The molecule has 0 saturated carbocycles. The molecule has 3 nitrogen and oxygen atoms in total. The number of nitrogens with zero attached hydrogens (tertiary/aromatic N) is 2. The Balaban J connectivity index is 1.26. The van der Waals surface area contributed by atoms with Gasteiger partial charge in [-0.25, -0.2) is 0 Å². The van der Waals surface area contributed by atoms with Gasteiger partial charge < -0.3 is 9.80 Å². The summed E-state index contributed by atoms with van der Waals surface area (Å²) in [5.41, 5.74) is 1.75. The standard InChI is InChI=1S/C23H25F3N2O/c24-23(25,26)21-8-4-2-5-18(21)11-14-27-12-9-17(10-13-27)15-28-16-19-6-1-3-7-20(19)22(28)29/h1-8,17H,9-16H2. The smallest absolute Gasteiger partial charge is 0.334 e. The SMILES string of the molecule is O=C1c2ccccc2CN1CC1CCN(CCc2ccccc2C(F)(F)F)CC1. The van der Waals surface area contributed by atoms with Crippen molar-refractivity contribution in [1.82, 2.24) is 9.80 Å². The Bertz CT molecular complexity index is 872. The fourth-order valence-corrected chi connectivity index (χ4v) is 4.46. The van der Waals surface area contributed by atoms with Crippen LogP contribution in [-0.2, 0) is 19.1 Å². The third kappa shape index (κ3) is 4.47. The first-order valence-electron chi connectivity index (χ1n) is 10.2. The van der Waals surface area contributed by atoms with Gasteiger partial charge in [0.2, 0.25) is 0 Å². The fraction of sp³-hybridized carbons (Fsp3) is 0.435. The second-order valence-corrected chi connectivity index (χ2v) is 8.03. The Labute approximate surface area is 169 Å². The molecule has 0 aromatic heterocycles. The van der Waals surface area contributed by atoms with Crippen molar-refractivity contribution in [3.63, 3.8) is 0 Å². The van der Waals surface area contributed by atoms with Crippen molar-refractivity contribution in [2.24, 2.45) is 5.92 Å². The third-order valence-corrected chi connectivity index (χ3v) is 6.10. The van der Waals surface area contributed by atoms with E-state index in [9.17, 15) is 18.0 Å². The van der Waals surface area contributed by atoms with Crippen LogP contribution in [0.1, 0.15) is 39.9 Å². The Morgan fingerprint density at radius 3 is 2.38 bits per heavy atom. The number of hydrogen-bond acceptors (Lipinski definition) is 2. The molecular weight excluding hydrogens is 377 g/mol. The number of fused-ring (bicyclic) bond motifs is 1. The molecule has 154 valence electrons. The maximum atomic E-state index is 13.1. The van der Waals surface area contributed by atoms with Crippen molar-refractivity contribution in [1.29, 1.82) is 0 Å². The Kier molecular flexibility index (Phi) is 5.63. The van der Waals surface area contributed by atoms with Crippen LogP contribution in [0.5, 0.6) is 0 Å². The van der Waals surface area contributed by atoms with E-state index in [1.165, 1.54) is 6.07 Å². The number of carbonyl (C=O) groups is 1. The summed E-state index contributed by atoms with van der Waals surface area (Å²) in [6, 6.07) is 13.6. The number of rotatable bonds is 5. The first-order valence-corrected chi connectivity index (χ1v) is 10.2. The van der Waals surface area contributed by atoms with Crippen LogP contribution in [0, 0.1) is 5.92 Å². The highest BCUT2D eigenvalue weighted by Gasteiger charge is 2.33. The predicted molar refractivity (Wildman–Crippen MR) is 105 cm³/mol. The van der Waals surface area contributed by atoms with Crippen molar-refractivity contribution in [2.45, 2.75) is 32.0 Å². The summed E-state index contributed by atoms with van der Waals surface area (Å²) in [6.07, 6.45) is -1.95. The average Bonchev–Trinajstić information content (AvgIpc) is 3.03. The molecule has 1 saturated heterocycles. The van der Waals surface area contributed by atoms with Crippen LogP contribution < -0.4 is 0 Å². The lowest BCUT2D eigenvalue weighted by molar-refractivity contribution is -0.138. The number of likely N-dealkylation sites (tertiary alicyclic amines) is 1. The highest BCUT2D eigenvalue weighted by Crippen LogP contribution is 2.32. The van der Waals surface area contributed by atoms with Gasteiger partial charge in [0.05, 0.1) is 5.56 Å². The normalized spacial score (nSPS) is 18.3. The highest BCUT2D eigenvalue weighted by molar-refractivity contribution is 5.98. The van der Waals surface area contributed by atoms with E-state index in [0.717, 1.165) is 49.7 Å². The van der Waals surface area contributed by atoms with E-state index in [4.69, 9.17) is 0 Å². The molecule has 0 atom stereocenters. The van der Waals surface area contributed by atoms with Crippen LogP contribution >= 0.6 is 0 Å². The number of amides is 1. The largest absolute Gasteiger partial charge is 0.416 e. The summed E-state index contributed by atoms with van der Waals surface area (Å²) in [7, 11) is 0. The number of hydrogen-bond donors (Lipinski definition) is 0. The first kappa shape index (κ1) is 20.0. The second kappa shape index (κ2) is 8.19. The maximum absolute atomic E-state index is 13.1. The summed E-state index contributed by atoms with van der Waals surface area (Å²) >= 11 is 0. The second-order valence-electron chi connectivity index (χ2n) is 8.03. The predicted octanol–water partition coefficient (Wildman–Crippen LogP) is 4.62. The van der Waals surface area contributed by atoms with E-state index < -0.39 is 11.7 Å². The van der Waals surface area contributed by atoms with Crippen LogP contribution in [0.4, 0.5) is 13.2 Å². The first-order chi connectivity index (χ1) is 13.9. The molecule has 0 bridgehead atoms. The summed E-state index contributed by atoms with van der Waals surface area (Å²) in [5, 5.41) is 0. The van der Waals surface area contributed by atoms with Crippen molar-refractivity contribution in [3.05, 3.63) is 70.8 Å². The molecule has 4 rings (SSSR count). The molecular formula is C23H25F3N2O. The van der Waals surface area contributed by atoms with E-state index in [2.05, 4.69) is 4.90 Å². The minimum Gasteiger partial charge on any atom is -0.334 e. The number of halogens is 3. The molecule has 2 aliphatic heterocycles. The van der Waals surface area contributed by atoms with Gasteiger partial charge in [-0.1, -0.05) is 36.4 Å². The zero-order valence-electron chi connectivity index (χ0n) is 16.3. The van der Waals surface area contributed by atoms with Crippen molar-refractivity contribution < 1.29 is 18.0 Å².